The van der Waals surface area contributed by atoms with Gasteiger partial charge in [-0.2, -0.15) is 0 Å². The van der Waals surface area contributed by atoms with Gasteiger partial charge in [-0.1, -0.05) is 43.1 Å². The molecule has 0 saturated carbocycles. The van der Waals surface area contributed by atoms with Crippen molar-refractivity contribution in [2.45, 2.75) is 32.7 Å². The van der Waals surface area contributed by atoms with Crippen molar-refractivity contribution in [3.63, 3.8) is 0 Å². The summed E-state index contributed by atoms with van der Waals surface area (Å²) in [7, 11) is 2.61. The summed E-state index contributed by atoms with van der Waals surface area (Å²) >= 11 is 7.71. The molecule has 2 aromatic carbocycles. The van der Waals surface area contributed by atoms with Gasteiger partial charge in [0, 0.05) is 23.1 Å². The Labute approximate surface area is 199 Å². The van der Waals surface area contributed by atoms with Gasteiger partial charge in [0.1, 0.15) is 16.2 Å². The summed E-state index contributed by atoms with van der Waals surface area (Å²) in [6, 6.07) is 11.3. The Balaban J connectivity index is 1.80. The summed E-state index contributed by atoms with van der Waals surface area (Å²) in [6.45, 7) is 2.64. The fourth-order valence-corrected chi connectivity index (χ4v) is 5.22. The van der Waals surface area contributed by atoms with Crippen LogP contribution in [-0.4, -0.2) is 35.9 Å². The number of hydrogen-bond donors (Lipinski definition) is 0. The van der Waals surface area contributed by atoms with Crippen molar-refractivity contribution < 1.29 is 23.8 Å². The van der Waals surface area contributed by atoms with Gasteiger partial charge < -0.3 is 18.8 Å². The first-order valence-corrected chi connectivity index (χ1v) is 11.7. The van der Waals surface area contributed by atoms with E-state index in [-0.39, 0.29) is 0 Å². The van der Waals surface area contributed by atoms with Crippen LogP contribution < -0.4 is 4.74 Å². The number of esters is 1. The summed E-state index contributed by atoms with van der Waals surface area (Å²) in [5.41, 5.74) is 2.48. The van der Waals surface area contributed by atoms with Crippen LogP contribution in [0.4, 0.5) is 4.79 Å². The Morgan fingerprint density at radius 1 is 1.15 bits per heavy atom. The fraction of sp³-hybridized carbons (Fsp3) is 0.292. The monoisotopic (exact) mass is 486 g/mol. The van der Waals surface area contributed by atoms with Crippen LogP contribution in [0.2, 0.25) is 5.02 Å². The SMILES string of the molecule is CCCCc1nc2cccc(OC(=O)OC)c2n1Cc1ccc2c(Cl)c(C(=O)OC)sc2c1. The van der Waals surface area contributed by atoms with Gasteiger partial charge in [-0.15, -0.1) is 11.3 Å². The second kappa shape index (κ2) is 9.80. The van der Waals surface area contributed by atoms with Crippen molar-refractivity contribution in [3.8, 4) is 5.75 Å². The number of unbranched alkanes of at least 4 members (excludes halogenated alkanes) is 1. The first-order chi connectivity index (χ1) is 16.0. The Morgan fingerprint density at radius 2 is 1.97 bits per heavy atom. The van der Waals surface area contributed by atoms with Crippen molar-refractivity contribution in [2.24, 2.45) is 0 Å². The number of imidazole rings is 1. The number of carbonyl (C=O) groups excluding carboxylic acids is 2. The molecule has 0 aliphatic heterocycles. The van der Waals surface area contributed by atoms with Gasteiger partial charge in [-0.05, 0) is 30.2 Å². The molecule has 0 spiro atoms. The minimum Gasteiger partial charge on any atom is -0.465 e. The summed E-state index contributed by atoms with van der Waals surface area (Å²) in [6.07, 6.45) is 2.03. The molecule has 172 valence electrons. The van der Waals surface area contributed by atoms with Gasteiger partial charge in [0.2, 0.25) is 0 Å². The van der Waals surface area contributed by atoms with Crippen molar-refractivity contribution in [1.82, 2.24) is 9.55 Å². The Morgan fingerprint density at radius 3 is 2.70 bits per heavy atom. The van der Waals surface area contributed by atoms with Gasteiger partial charge in [0.05, 0.1) is 24.8 Å². The number of ether oxygens (including phenoxy) is 3. The number of carbonyl (C=O) groups is 2. The molecule has 4 aromatic rings. The molecule has 2 heterocycles. The molecule has 0 amide bonds. The van der Waals surface area contributed by atoms with Crippen molar-refractivity contribution in [2.75, 3.05) is 14.2 Å². The van der Waals surface area contributed by atoms with Crippen molar-refractivity contribution in [3.05, 3.63) is 57.7 Å². The normalized spacial score (nSPS) is 11.2. The third kappa shape index (κ3) is 4.54. The summed E-state index contributed by atoms with van der Waals surface area (Å²) < 4.78 is 17.9. The highest BCUT2D eigenvalue weighted by Gasteiger charge is 2.20. The highest BCUT2D eigenvalue weighted by atomic mass is 35.5. The van der Waals surface area contributed by atoms with Crippen molar-refractivity contribution in [1.29, 1.82) is 0 Å². The zero-order valence-electron chi connectivity index (χ0n) is 18.5. The van der Waals surface area contributed by atoms with E-state index in [0.717, 1.165) is 51.8 Å². The molecule has 0 aliphatic rings. The molecule has 0 aliphatic carbocycles. The molecular formula is C24H23ClN2O5S. The number of nitrogens with zero attached hydrogens (tertiary/aromatic N) is 2. The smallest absolute Gasteiger partial charge is 0.465 e. The predicted molar refractivity (Wildman–Crippen MR) is 129 cm³/mol. The average Bonchev–Trinajstić information content (AvgIpc) is 3.34. The van der Waals surface area contributed by atoms with E-state index in [1.54, 1.807) is 12.1 Å². The van der Waals surface area contributed by atoms with E-state index >= 15 is 0 Å². The molecule has 0 atom stereocenters. The molecule has 33 heavy (non-hydrogen) atoms. The Bertz CT molecular complexity index is 1340. The molecule has 0 N–H and O–H groups in total. The summed E-state index contributed by atoms with van der Waals surface area (Å²) in [4.78, 5) is 29.0. The topological polar surface area (TPSA) is 79.7 Å². The van der Waals surface area contributed by atoms with E-state index in [1.165, 1.54) is 25.6 Å². The summed E-state index contributed by atoms with van der Waals surface area (Å²) in [5.74, 6) is 0.852. The number of thiophene rings is 1. The summed E-state index contributed by atoms with van der Waals surface area (Å²) in [5, 5.41) is 1.21. The lowest BCUT2D eigenvalue weighted by atomic mass is 10.1. The largest absolute Gasteiger partial charge is 0.513 e. The minimum absolute atomic E-state index is 0.386. The number of halogens is 1. The fourth-order valence-electron chi connectivity index (χ4n) is 3.73. The second-order valence-corrected chi connectivity index (χ2v) is 8.90. The number of para-hydroxylation sites is 1. The van der Waals surface area contributed by atoms with Gasteiger partial charge in [-0.3, -0.25) is 0 Å². The molecule has 0 fully saturated rings. The third-order valence-corrected chi connectivity index (χ3v) is 6.97. The van der Waals surface area contributed by atoms with E-state index < -0.39 is 12.1 Å². The highest BCUT2D eigenvalue weighted by Crippen LogP contribution is 2.37. The van der Waals surface area contributed by atoms with Crippen LogP contribution in [0.3, 0.4) is 0 Å². The molecule has 2 aromatic heterocycles. The zero-order valence-corrected chi connectivity index (χ0v) is 20.1. The van der Waals surface area contributed by atoms with Crippen LogP contribution in [0.5, 0.6) is 5.75 Å². The quantitative estimate of drug-likeness (QED) is 0.227. The van der Waals surface area contributed by atoms with E-state index in [4.69, 9.17) is 26.1 Å². The number of aromatic nitrogens is 2. The van der Waals surface area contributed by atoms with Gasteiger partial charge in [0.25, 0.3) is 0 Å². The van der Waals surface area contributed by atoms with E-state index in [2.05, 4.69) is 16.2 Å². The lowest BCUT2D eigenvalue weighted by Crippen LogP contribution is -2.10. The van der Waals surface area contributed by atoms with E-state index in [9.17, 15) is 9.59 Å². The standard InChI is InChI=1S/C24H23ClN2O5S/c1-4-5-9-19-26-16-7-6-8-17(32-24(29)31-3)21(16)27(19)13-14-10-11-15-18(12-14)33-22(20(15)25)23(28)30-2/h6-8,10-12H,4-5,9,13H2,1-3H3. The van der Waals surface area contributed by atoms with Gasteiger partial charge in [-0.25, -0.2) is 14.6 Å². The number of methoxy groups -OCH3 is 2. The minimum atomic E-state index is -0.782. The van der Waals surface area contributed by atoms with Crippen molar-refractivity contribution >= 4 is 56.2 Å². The maximum Gasteiger partial charge on any atom is 0.513 e. The van der Waals surface area contributed by atoms with Crippen LogP contribution in [0.25, 0.3) is 21.1 Å². The number of fused-ring (bicyclic) bond motifs is 2. The molecule has 0 bridgehead atoms. The van der Waals surface area contributed by atoms with E-state index in [1.807, 2.05) is 24.3 Å². The molecule has 0 saturated heterocycles. The lowest BCUT2D eigenvalue weighted by molar-refractivity contribution is 0.0606. The number of rotatable bonds is 7. The molecule has 4 rings (SSSR count). The molecular weight excluding hydrogens is 464 g/mol. The Kier molecular flexibility index (Phi) is 6.85. The maximum absolute atomic E-state index is 12.0. The number of hydrogen-bond acceptors (Lipinski definition) is 7. The second-order valence-electron chi connectivity index (χ2n) is 7.47. The number of benzene rings is 2. The highest BCUT2D eigenvalue weighted by molar-refractivity contribution is 7.21. The van der Waals surface area contributed by atoms with Crippen LogP contribution >= 0.6 is 22.9 Å². The first-order valence-electron chi connectivity index (χ1n) is 10.5. The molecule has 0 unspecified atom stereocenters. The average molecular weight is 487 g/mol. The molecule has 7 nitrogen and oxygen atoms in total. The van der Waals surface area contributed by atoms with Crippen LogP contribution in [-0.2, 0) is 22.4 Å². The third-order valence-electron chi connectivity index (χ3n) is 5.33. The van der Waals surface area contributed by atoms with Crippen LogP contribution in [0, 0.1) is 0 Å². The zero-order chi connectivity index (χ0) is 23.5. The predicted octanol–water partition coefficient (Wildman–Crippen LogP) is 6.23. The molecule has 0 radical (unpaired) electrons. The van der Waals surface area contributed by atoms with Gasteiger partial charge in [0.15, 0.2) is 5.75 Å². The number of aryl methyl sites for hydroxylation is 1. The lowest BCUT2D eigenvalue weighted by Gasteiger charge is -2.12. The maximum atomic E-state index is 12.0. The Hall–Kier alpha value is -3.10. The van der Waals surface area contributed by atoms with Gasteiger partial charge >= 0.3 is 12.1 Å². The first kappa shape index (κ1) is 23.1. The van der Waals surface area contributed by atoms with E-state index in [0.29, 0.717) is 22.2 Å². The van der Waals surface area contributed by atoms with Crippen LogP contribution in [0.1, 0.15) is 40.8 Å². The van der Waals surface area contributed by atoms with Crippen LogP contribution in [0.15, 0.2) is 36.4 Å². The molecule has 9 heteroatoms.